The standard InChI is InChI=1S/C18H32N4O3/c1-4-6-22(7-5-2)18(24)16-14-25-17(19-16)13-21-10-8-20(9-11-21)12-15(3)23/h14-15,23H,4-13H2,1-3H3/t15-/m0/s1. The lowest BCUT2D eigenvalue weighted by atomic mass is 10.3. The molecule has 1 saturated heterocycles. The van der Waals surface area contributed by atoms with Crippen LogP contribution < -0.4 is 0 Å². The van der Waals surface area contributed by atoms with Crippen molar-refractivity contribution in [3.8, 4) is 0 Å². The molecule has 0 bridgehead atoms. The summed E-state index contributed by atoms with van der Waals surface area (Å²) >= 11 is 0. The average molecular weight is 352 g/mol. The highest BCUT2D eigenvalue weighted by molar-refractivity contribution is 5.91. The van der Waals surface area contributed by atoms with Gasteiger partial charge in [-0.2, -0.15) is 0 Å². The van der Waals surface area contributed by atoms with Gasteiger partial charge in [0, 0.05) is 45.8 Å². The zero-order valence-electron chi connectivity index (χ0n) is 15.8. The van der Waals surface area contributed by atoms with Crippen molar-refractivity contribution in [1.29, 1.82) is 0 Å². The van der Waals surface area contributed by atoms with E-state index in [0.29, 0.717) is 18.1 Å². The minimum atomic E-state index is -0.291. The van der Waals surface area contributed by atoms with Gasteiger partial charge in [0.2, 0.25) is 5.89 Å². The molecule has 1 aromatic heterocycles. The zero-order valence-corrected chi connectivity index (χ0v) is 15.8. The third-order valence-corrected chi connectivity index (χ3v) is 4.39. The average Bonchev–Trinajstić information content (AvgIpc) is 3.04. The number of amides is 1. The van der Waals surface area contributed by atoms with Gasteiger partial charge < -0.3 is 14.4 Å². The van der Waals surface area contributed by atoms with Crippen LogP contribution in [0.1, 0.15) is 50.0 Å². The maximum absolute atomic E-state index is 12.5. The first-order chi connectivity index (χ1) is 12.0. The summed E-state index contributed by atoms with van der Waals surface area (Å²) in [7, 11) is 0. The van der Waals surface area contributed by atoms with E-state index in [1.165, 1.54) is 6.26 Å². The van der Waals surface area contributed by atoms with Gasteiger partial charge in [-0.05, 0) is 19.8 Å². The number of aliphatic hydroxyl groups is 1. The van der Waals surface area contributed by atoms with E-state index in [-0.39, 0.29) is 12.0 Å². The summed E-state index contributed by atoms with van der Waals surface area (Å²) in [4.78, 5) is 23.3. The van der Waals surface area contributed by atoms with Crippen molar-refractivity contribution >= 4 is 5.91 Å². The largest absolute Gasteiger partial charge is 0.447 e. The molecule has 0 radical (unpaired) electrons. The molecule has 1 atom stereocenters. The van der Waals surface area contributed by atoms with E-state index in [1.807, 2.05) is 11.8 Å². The fourth-order valence-corrected chi connectivity index (χ4v) is 3.19. The van der Waals surface area contributed by atoms with Gasteiger partial charge in [0.1, 0.15) is 6.26 Å². The Kier molecular flexibility index (Phi) is 7.87. The van der Waals surface area contributed by atoms with Gasteiger partial charge in [-0.25, -0.2) is 4.98 Å². The number of aromatic nitrogens is 1. The molecule has 0 aromatic carbocycles. The van der Waals surface area contributed by atoms with Crippen LogP contribution in [0.2, 0.25) is 0 Å². The first-order valence-electron chi connectivity index (χ1n) is 9.39. The molecule has 7 nitrogen and oxygen atoms in total. The Balaban J connectivity index is 1.86. The number of rotatable bonds is 9. The van der Waals surface area contributed by atoms with E-state index >= 15 is 0 Å². The second-order valence-electron chi connectivity index (χ2n) is 6.84. The molecule has 0 aliphatic carbocycles. The van der Waals surface area contributed by atoms with Gasteiger partial charge in [-0.15, -0.1) is 0 Å². The van der Waals surface area contributed by atoms with E-state index < -0.39 is 0 Å². The topological polar surface area (TPSA) is 73.1 Å². The van der Waals surface area contributed by atoms with Gasteiger partial charge >= 0.3 is 0 Å². The number of carbonyl (C=O) groups is 1. The Morgan fingerprint density at radius 3 is 2.40 bits per heavy atom. The minimum Gasteiger partial charge on any atom is -0.447 e. The fraction of sp³-hybridized carbons (Fsp3) is 0.778. The summed E-state index contributed by atoms with van der Waals surface area (Å²) in [6.07, 6.45) is 3.07. The number of hydrogen-bond donors (Lipinski definition) is 1. The summed E-state index contributed by atoms with van der Waals surface area (Å²) in [6, 6.07) is 0. The van der Waals surface area contributed by atoms with Crippen LogP contribution in [0.3, 0.4) is 0 Å². The van der Waals surface area contributed by atoms with Gasteiger partial charge in [-0.1, -0.05) is 13.8 Å². The molecule has 7 heteroatoms. The van der Waals surface area contributed by atoms with Gasteiger partial charge in [-0.3, -0.25) is 14.6 Å². The lowest BCUT2D eigenvalue weighted by Gasteiger charge is -2.34. The summed E-state index contributed by atoms with van der Waals surface area (Å²) < 4.78 is 5.53. The van der Waals surface area contributed by atoms with E-state index in [9.17, 15) is 9.90 Å². The van der Waals surface area contributed by atoms with E-state index in [4.69, 9.17) is 4.42 Å². The molecule has 0 spiro atoms. The molecule has 1 fully saturated rings. The van der Waals surface area contributed by atoms with Crippen molar-refractivity contribution in [3.63, 3.8) is 0 Å². The van der Waals surface area contributed by atoms with Crippen LogP contribution in [0.25, 0.3) is 0 Å². The van der Waals surface area contributed by atoms with Gasteiger partial charge in [0.25, 0.3) is 5.91 Å². The first kappa shape index (κ1) is 19.9. The van der Waals surface area contributed by atoms with E-state index in [0.717, 1.165) is 58.7 Å². The SMILES string of the molecule is CCCN(CCC)C(=O)c1coc(CN2CCN(C[C@H](C)O)CC2)n1. The van der Waals surface area contributed by atoms with Crippen LogP contribution in [0.5, 0.6) is 0 Å². The molecule has 0 saturated carbocycles. The predicted molar refractivity (Wildman–Crippen MR) is 96.4 cm³/mol. The number of aliphatic hydroxyl groups excluding tert-OH is 1. The van der Waals surface area contributed by atoms with Crippen molar-refractivity contribution in [3.05, 3.63) is 17.8 Å². The smallest absolute Gasteiger partial charge is 0.275 e. The Bertz CT molecular complexity index is 518. The van der Waals surface area contributed by atoms with E-state index in [2.05, 4.69) is 28.6 Å². The number of oxazole rings is 1. The summed E-state index contributed by atoms with van der Waals surface area (Å²) in [5, 5.41) is 9.47. The molecule has 0 unspecified atom stereocenters. The number of carbonyl (C=O) groups excluding carboxylic acids is 1. The van der Waals surface area contributed by atoms with Crippen LogP contribution >= 0.6 is 0 Å². The number of hydrogen-bond acceptors (Lipinski definition) is 6. The zero-order chi connectivity index (χ0) is 18.2. The second-order valence-corrected chi connectivity index (χ2v) is 6.84. The Labute approximate surface area is 150 Å². The molecule has 1 aromatic rings. The van der Waals surface area contributed by atoms with Gasteiger partial charge in [0.05, 0.1) is 12.6 Å². The maximum Gasteiger partial charge on any atom is 0.275 e. The van der Waals surface area contributed by atoms with Crippen molar-refractivity contribution < 1.29 is 14.3 Å². The molecule has 1 amide bonds. The predicted octanol–water partition coefficient (Wildman–Crippen LogP) is 1.44. The third kappa shape index (κ3) is 6.09. The summed E-state index contributed by atoms with van der Waals surface area (Å²) in [5.74, 6) is 0.556. The number of β-amino-alcohol motifs (C(OH)–C–C–N with tert-alkyl or cyclic N) is 1. The number of piperazine rings is 1. The first-order valence-corrected chi connectivity index (χ1v) is 9.39. The monoisotopic (exact) mass is 352 g/mol. The summed E-state index contributed by atoms with van der Waals surface area (Å²) in [5.41, 5.74) is 0.407. The molecule has 1 aliphatic heterocycles. The quantitative estimate of drug-likeness (QED) is 0.725. The van der Waals surface area contributed by atoms with Crippen molar-refractivity contribution in [1.82, 2.24) is 19.7 Å². The van der Waals surface area contributed by atoms with Crippen LogP contribution in [0.4, 0.5) is 0 Å². The normalized spacial score (nSPS) is 17.6. The second kappa shape index (κ2) is 9.89. The maximum atomic E-state index is 12.5. The number of nitrogens with zero attached hydrogens (tertiary/aromatic N) is 4. The molecule has 1 aliphatic rings. The van der Waals surface area contributed by atoms with Crippen molar-refractivity contribution in [2.75, 3.05) is 45.8 Å². The van der Waals surface area contributed by atoms with Crippen LogP contribution in [-0.4, -0.2) is 82.6 Å². The Morgan fingerprint density at radius 2 is 1.84 bits per heavy atom. The fourth-order valence-electron chi connectivity index (χ4n) is 3.19. The van der Waals surface area contributed by atoms with Crippen LogP contribution in [0.15, 0.2) is 10.7 Å². The molecule has 25 heavy (non-hydrogen) atoms. The van der Waals surface area contributed by atoms with E-state index in [1.54, 1.807) is 0 Å². The molecule has 142 valence electrons. The van der Waals surface area contributed by atoms with Crippen molar-refractivity contribution in [2.45, 2.75) is 46.3 Å². The molecule has 2 heterocycles. The highest BCUT2D eigenvalue weighted by Crippen LogP contribution is 2.11. The minimum absolute atomic E-state index is 0.0412. The van der Waals surface area contributed by atoms with Crippen LogP contribution in [0, 0.1) is 0 Å². The molecule has 1 N–H and O–H groups in total. The van der Waals surface area contributed by atoms with Crippen LogP contribution in [-0.2, 0) is 6.54 Å². The Morgan fingerprint density at radius 1 is 1.24 bits per heavy atom. The lowest BCUT2D eigenvalue weighted by Crippen LogP contribution is -2.47. The highest BCUT2D eigenvalue weighted by atomic mass is 16.3. The molecular formula is C18H32N4O3. The Hall–Kier alpha value is -1.44. The summed E-state index contributed by atoms with van der Waals surface area (Å²) in [6.45, 7) is 12.5. The lowest BCUT2D eigenvalue weighted by molar-refractivity contribution is 0.0744. The van der Waals surface area contributed by atoms with Gasteiger partial charge in [0.15, 0.2) is 5.69 Å². The third-order valence-electron chi connectivity index (χ3n) is 4.39. The van der Waals surface area contributed by atoms with Crippen molar-refractivity contribution in [2.24, 2.45) is 0 Å². The molecular weight excluding hydrogens is 320 g/mol. The molecule has 2 rings (SSSR count). The highest BCUT2D eigenvalue weighted by Gasteiger charge is 2.22.